The van der Waals surface area contributed by atoms with Crippen molar-refractivity contribution in [2.75, 3.05) is 0 Å². The minimum atomic E-state index is -0.288. The third-order valence-corrected chi connectivity index (χ3v) is 9.35. The summed E-state index contributed by atoms with van der Waals surface area (Å²) in [6.45, 7) is 16.5. The van der Waals surface area contributed by atoms with Crippen molar-refractivity contribution in [3.63, 3.8) is 0 Å². The summed E-state index contributed by atoms with van der Waals surface area (Å²) < 4.78 is 0. The van der Waals surface area contributed by atoms with Crippen LogP contribution in [0.2, 0.25) is 0 Å². The highest BCUT2D eigenvalue weighted by Crippen LogP contribution is 2.44. The number of rotatable bonds is 4. The molecule has 7 heteroatoms. The van der Waals surface area contributed by atoms with Crippen molar-refractivity contribution in [3.05, 3.63) is 97.6 Å². The molecule has 1 aromatic carbocycles. The summed E-state index contributed by atoms with van der Waals surface area (Å²) in [4.78, 5) is 30.0. The fourth-order valence-electron chi connectivity index (χ4n) is 6.59. The van der Waals surface area contributed by atoms with E-state index in [-0.39, 0.29) is 10.6 Å². The molecule has 5 heterocycles. The lowest BCUT2D eigenvalue weighted by atomic mass is 9.94. The van der Waals surface area contributed by atoms with E-state index in [9.17, 15) is 10.1 Å². The SMILES string of the molecule is CCc1c(C)c2cc3nc(c(-c4ccccc4)c4nc(c([N+](=O)[O-])c5[nH]c(cc1[nH]2)c(CC)c5C)C(C)=C4C)C(C)=C3C. The molecule has 7 nitrogen and oxygen atoms in total. The van der Waals surface area contributed by atoms with Crippen LogP contribution in [0.1, 0.15) is 86.6 Å². The van der Waals surface area contributed by atoms with E-state index in [1.54, 1.807) is 0 Å². The second kappa shape index (κ2) is 10.5. The number of aromatic nitrogens is 4. The number of aromatic amines is 2. The summed E-state index contributed by atoms with van der Waals surface area (Å²) in [7, 11) is 0. The maximum absolute atomic E-state index is 12.9. The first-order valence-electron chi connectivity index (χ1n) is 14.9. The molecule has 0 spiro atoms. The van der Waals surface area contributed by atoms with E-state index in [4.69, 9.17) is 9.97 Å². The minimum absolute atomic E-state index is 0.00494. The molecule has 0 unspecified atom stereocenters. The Balaban J connectivity index is 1.95. The molecule has 0 saturated carbocycles. The van der Waals surface area contributed by atoms with Gasteiger partial charge in [0.25, 0.3) is 0 Å². The van der Waals surface area contributed by atoms with E-state index >= 15 is 0 Å². The third kappa shape index (κ3) is 4.33. The zero-order valence-electron chi connectivity index (χ0n) is 26.1. The van der Waals surface area contributed by atoms with Gasteiger partial charge in [-0.3, -0.25) is 10.1 Å². The van der Waals surface area contributed by atoms with Gasteiger partial charge in [0, 0.05) is 22.1 Å². The quantitative estimate of drug-likeness (QED) is 0.188. The van der Waals surface area contributed by atoms with Gasteiger partial charge in [0.05, 0.1) is 22.0 Å². The molecule has 0 amide bonds. The van der Waals surface area contributed by atoms with Gasteiger partial charge in [-0.25, -0.2) is 9.97 Å². The third-order valence-electron chi connectivity index (χ3n) is 9.35. The standard InChI is InChI=1S/C36H37N5O2/c1-9-25-22(7)28-16-27-18(3)19(4)32(38-27)31(24-14-12-11-13-15-24)33-20(5)21(6)34(40-33)36(41(42)43)35-23(8)26(10-2)30(39-35)17-29(25)37-28/h11-17,37,39H,9-10H2,1-8H3. The molecule has 0 radical (unpaired) electrons. The molecule has 218 valence electrons. The minimum Gasteiger partial charge on any atom is -0.355 e. The van der Waals surface area contributed by atoms with Gasteiger partial charge in [-0.15, -0.1) is 0 Å². The van der Waals surface area contributed by atoms with Crippen molar-refractivity contribution < 1.29 is 4.92 Å². The first-order chi connectivity index (χ1) is 20.6. The van der Waals surface area contributed by atoms with Crippen LogP contribution in [0.5, 0.6) is 0 Å². The molecular weight excluding hydrogens is 534 g/mol. The molecule has 43 heavy (non-hydrogen) atoms. The number of nitro groups is 1. The van der Waals surface area contributed by atoms with Crippen LogP contribution in [0.25, 0.3) is 55.5 Å². The molecular formula is C36H37N5O2. The zero-order chi connectivity index (χ0) is 30.7. The Morgan fingerprint density at radius 1 is 0.698 bits per heavy atom. The van der Waals surface area contributed by atoms with Crippen LogP contribution in [0.15, 0.2) is 42.5 Å². The molecule has 3 aromatic heterocycles. The summed E-state index contributed by atoms with van der Waals surface area (Å²) in [5.74, 6) is 0. The Bertz CT molecular complexity index is 2070. The summed E-state index contributed by atoms with van der Waals surface area (Å²) in [6.07, 6.45) is 1.59. The number of allylic oxidation sites excluding steroid dienone is 4. The van der Waals surface area contributed by atoms with Crippen molar-refractivity contribution in [2.45, 2.75) is 68.2 Å². The number of aryl methyl sites for hydroxylation is 4. The lowest BCUT2D eigenvalue weighted by molar-refractivity contribution is -0.383. The predicted molar refractivity (Wildman–Crippen MR) is 178 cm³/mol. The first-order valence-corrected chi connectivity index (χ1v) is 14.9. The van der Waals surface area contributed by atoms with Crippen LogP contribution in [0.3, 0.4) is 0 Å². The van der Waals surface area contributed by atoms with Gasteiger partial charge in [-0.05, 0) is 117 Å². The van der Waals surface area contributed by atoms with Gasteiger partial charge in [-0.1, -0.05) is 44.2 Å². The van der Waals surface area contributed by atoms with Crippen molar-refractivity contribution in [1.82, 2.24) is 19.9 Å². The highest BCUT2D eigenvalue weighted by Gasteiger charge is 2.30. The fourth-order valence-corrected chi connectivity index (χ4v) is 6.59. The highest BCUT2D eigenvalue weighted by molar-refractivity contribution is 6.03. The van der Waals surface area contributed by atoms with E-state index in [0.717, 1.165) is 91.0 Å². The van der Waals surface area contributed by atoms with Crippen LogP contribution >= 0.6 is 0 Å². The van der Waals surface area contributed by atoms with Crippen molar-refractivity contribution in [2.24, 2.45) is 0 Å². The van der Waals surface area contributed by atoms with Gasteiger partial charge in [-0.2, -0.15) is 0 Å². The van der Waals surface area contributed by atoms with E-state index in [1.807, 2.05) is 39.0 Å². The number of hydrogen-bond acceptors (Lipinski definition) is 4. The second-order valence-corrected chi connectivity index (χ2v) is 11.6. The van der Waals surface area contributed by atoms with Gasteiger partial charge in [0.15, 0.2) is 0 Å². The zero-order valence-corrected chi connectivity index (χ0v) is 26.1. The van der Waals surface area contributed by atoms with Crippen molar-refractivity contribution >= 4 is 50.0 Å². The maximum atomic E-state index is 12.9. The number of H-pyrrole nitrogens is 2. The van der Waals surface area contributed by atoms with E-state index in [2.05, 4.69) is 68.9 Å². The average Bonchev–Trinajstić information content (AvgIpc) is 3.64. The van der Waals surface area contributed by atoms with Crippen molar-refractivity contribution in [3.8, 4) is 11.1 Å². The molecule has 2 N–H and O–H groups in total. The summed E-state index contributed by atoms with van der Waals surface area (Å²) in [6, 6.07) is 14.4. The Kier molecular flexibility index (Phi) is 6.92. The van der Waals surface area contributed by atoms with Crippen LogP contribution in [-0.2, 0) is 12.8 Å². The van der Waals surface area contributed by atoms with Crippen LogP contribution in [-0.4, -0.2) is 24.9 Å². The maximum Gasteiger partial charge on any atom is 0.318 e. The molecule has 2 aliphatic heterocycles. The topological polar surface area (TPSA) is 100 Å². The second-order valence-electron chi connectivity index (χ2n) is 11.6. The number of nitrogens with one attached hydrogen (secondary N) is 2. The molecule has 0 atom stereocenters. The van der Waals surface area contributed by atoms with E-state index < -0.39 is 0 Å². The first kappa shape index (κ1) is 28.3. The van der Waals surface area contributed by atoms with E-state index in [1.165, 1.54) is 11.1 Å². The molecule has 0 fully saturated rings. The number of nitrogens with zero attached hydrogens (tertiary/aromatic N) is 3. The average molecular weight is 572 g/mol. The monoisotopic (exact) mass is 571 g/mol. The van der Waals surface area contributed by atoms with Crippen LogP contribution in [0, 0.1) is 24.0 Å². The summed E-state index contributed by atoms with van der Waals surface area (Å²) >= 11 is 0. The van der Waals surface area contributed by atoms with Crippen LogP contribution in [0.4, 0.5) is 5.69 Å². The van der Waals surface area contributed by atoms with Crippen LogP contribution < -0.4 is 0 Å². The summed E-state index contributed by atoms with van der Waals surface area (Å²) in [5.41, 5.74) is 16.3. The smallest absolute Gasteiger partial charge is 0.318 e. The molecule has 8 bridgehead atoms. The fraction of sp³-hybridized carbons (Fsp3) is 0.278. The Labute approximate surface area is 251 Å². The summed E-state index contributed by atoms with van der Waals surface area (Å²) in [5, 5.41) is 12.9. The number of hydrogen-bond donors (Lipinski definition) is 2. The molecule has 2 aliphatic rings. The Hall–Kier alpha value is -4.78. The molecule has 6 rings (SSSR count). The van der Waals surface area contributed by atoms with Gasteiger partial charge in [0.1, 0.15) is 11.2 Å². The molecule has 0 aliphatic carbocycles. The predicted octanol–water partition coefficient (Wildman–Crippen LogP) is 9.53. The van der Waals surface area contributed by atoms with E-state index in [0.29, 0.717) is 11.2 Å². The lowest BCUT2D eigenvalue weighted by Gasteiger charge is -2.09. The Morgan fingerprint density at radius 3 is 1.93 bits per heavy atom. The normalized spacial score (nSPS) is 13.3. The molecule has 4 aromatic rings. The number of fused-ring (bicyclic) bond motifs is 8. The highest BCUT2D eigenvalue weighted by atomic mass is 16.6. The Morgan fingerprint density at radius 2 is 1.28 bits per heavy atom. The van der Waals surface area contributed by atoms with Gasteiger partial charge >= 0.3 is 5.69 Å². The van der Waals surface area contributed by atoms with Crippen molar-refractivity contribution in [1.29, 1.82) is 0 Å². The lowest BCUT2D eigenvalue weighted by Crippen LogP contribution is -1.96. The largest absolute Gasteiger partial charge is 0.355 e. The van der Waals surface area contributed by atoms with Gasteiger partial charge < -0.3 is 9.97 Å². The number of benzene rings is 1. The van der Waals surface area contributed by atoms with Gasteiger partial charge in [0.2, 0.25) is 0 Å². The molecule has 0 saturated heterocycles.